The Hall–Kier alpha value is -8.06. The summed E-state index contributed by atoms with van der Waals surface area (Å²) in [6.07, 6.45) is 0. The van der Waals surface area contributed by atoms with Crippen LogP contribution in [-0.4, -0.2) is 0 Å². The molecule has 0 radical (unpaired) electrons. The molecule has 0 aliphatic carbocycles. The van der Waals surface area contributed by atoms with Gasteiger partial charge in [0, 0.05) is 0 Å². The van der Waals surface area contributed by atoms with Crippen LogP contribution in [0.2, 0.25) is 0 Å². The summed E-state index contributed by atoms with van der Waals surface area (Å²) in [6.45, 7) is 13.9. The van der Waals surface area contributed by atoms with Crippen LogP contribution >= 0.6 is 0 Å². The van der Waals surface area contributed by atoms with Gasteiger partial charge in [-0.3, -0.25) is 0 Å². The largest absolute Gasteiger partial charge is 0.0622 e. The van der Waals surface area contributed by atoms with E-state index in [1.807, 2.05) is 0 Å². The molecule has 0 unspecified atom stereocenters. The zero-order valence-corrected chi connectivity index (χ0v) is 40.8. The first kappa shape index (κ1) is 42.1. The predicted octanol–water partition coefficient (Wildman–Crippen LogP) is 20.1. The van der Waals surface area contributed by atoms with E-state index in [0.717, 1.165) is 0 Å². The Morgan fingerprint density at radius 2 is 0.486 bits per heavy atom. The van der Waals surface area contributed by atoms with Gasteiger partial charge in [0.2, 0.25) is 0 Å². The number of benzene rings is 13. The van der Waals surface area contributed by atoms with Crippen molar-refractivity contribution in [3.63, 3.8) is 0 Å². The maximum atomic E-state index is 2.43. The van der Waals surface area contributed by atoms with Crippen LogP contribution in [0.3, 0.4) is 0 Å². The molecular weight excluding hydrogens is 841 g/mol. The molecule has 0 heterocycles. The van der Waals surface area contributed by atoms with Gasteiger partial charge in [-0.25, -0.2) is 0 Å². The van der Waals surface area contributed by atoms with Gasteiger partial charge in [-0.2, -0.15) is 0 Å². The molecule has 0 nitrogen and oxygen atoms in total. The van der Waals surface area contributed by atoms with Gasteiger partial charge in [0.1, 0.15) is 0 Å². The highest BCUT2D eigenvalue weighted by Gasteiger charge is 2.31. The molecule has 0 aliphatic rings. The molecule has 13 aromatic rings. The van der Waals surface area contributed by atoms with Crippen molar-refractivity contribution in [1.82, 2.24) is 0 Å². The topological polar surface area (TPSA) is 0 Å². The van der Waals surface area contributed by atoms with E-state index in [1.165, 1.54) is 143 Å². The van der Waals surface area contributed by atoms with Gasteiger partial charge in [0.05, 0.1) is 0 Å². The minimum absolute atomic E-state index is 0.0207. The molecule has 0 aliphatic heterocycles. The summed E-state index contributed by atoms with van der Waals surface area (Å²) >= 11 is 0. The van der Waals surface area contributed by atoms with Crippen LogP contribution in [0.4, 0.5) is 0 Å². The van der Waals surface area contributed by atoms with Crippen molar-refractivity contribution in [1.29, 1.82) is 0 Å². The molecule has 0 spiro atoms. The lowest BCUT2D eigenvalue weighted by Crippen LogP contribution is -2.10. The van der Waals surface area contributed by atoms with Crippen LogP contribution in [0, 0.1) is 0 Å². The lowest BCUT2D eigenvalue weighted by Gasteiger charge is -2.30. The second-order valence-electron chi connectivity index (χ2n) is 21.6. The molecule has 0 N–H and O–H groups in total. The van der Waals surface area contributed by atoms with Crippen molar-refractivity contribution in [2.24, 2.45) is 0 Å². The molecule has 70 heavy (non-hydrogen) atoms. The van der Waals surface area contributed by atoms with Gasteiger partial charge in [-0.1, -0.05) is 260 Å². The van der Waals surface area contributed by atoms with Crippen molar-refractivity contribution in [2.45, 2.75) is 52.4 Å². The van der Waals surface area contributed by atoms with Gasteiger partial charge >= 0.3 is 0 Å². The third kappa shape index (κ3) is 6.58. The molecule has 13 rings (SSSR count). The molecular formula is C70H54. The number of hydrogen-bond acceptors (Lipinski definition) is 0. The molecule has 334 valence electrons. The summed E-state index contributed by atoms with van der Waals surface area (Å²) in [4.78, 5) is 0. The Bertz CT molecular complexity index is 3820. The smallest absolute Gasteiger partial charge is 0.000740 e. The monoisotopic (exact) mass is 894 g/mol. The van der Waals surface area contributed by atoms with Crippen molar-refractivity contribution >= 4 is 64.6 Å². The Morgan fingerprint density at radius 3 is 0.786 bits per heavy atom. The zero-order valence-electron chi connectivity index (χ0n) is 40.8. The fourth-order valence-electron chi connectivity index (χ4n) is 11.8. The third-order valence-electron chi connectivity index (χ3n) is 15.2. The second-order valence-corrected chi connectivity index (χ2v) is 21.6. The van der Waals surface area contributed by atoms with E-state index in [4.69, 9.17) is 0 Å². The first-order chi connectivity index (χ1) is 34.0. The van der Waals surface area contributed by atoms with Crippen LogP contribution in [-0.2, 0) is 10.8 Å². The van der Waals surface area contributed by atoms with Gasteiger partial charge in [-0.05, 0) is 153 Å². The van der Waals surface area contributed by atoms with Crippen molar-refractivity contribution in [3.05, 3.63) is 230 Å². The first-order valence-corrected chi connectivity index (χ1v) is 24.9. The minimum Gasteiger partial charge on any atom is -0.0622 e. The van der Waals surface area contributed by atoms with Crippen LogP contribution in [0.25, 0.3) is 131 Å². The normalized spacial score (nSPS) is 12.4. The summed E-state index contributed by atoms with van der Waals surface area (Å²) in [5, 5.41) is 15.5. The summed E-state index contributed by atoms with van der Waals surface area (Å²) < 4.78 is 0. The SMILES string of the molecule is CC(C)(C)c1cc2ccc3ccc(-c4c(-c5ccccc5)c(-c5ccccc5)c(-c5ccccc5)c(-c5ccccc5)c4-c4ccc5ccc6cc(C(C)(C)C)cc7ccc4c5c67)c4ccc(c1)c2c34. The molecule has 0 heteroatoms. The van der Waals surface area contributed by atoms with E-state index < -0.39 is 0 Å². The summed E-state index contributed by atoms with van der Waals surface area (Å²) in [5.41, 5.74) is 17.3. The van der Waals surface area contributed by atoms with E-state index in [2.05, 4.69) is 260 Å². The van der Waals surface area contributed by atoms with E-state index in [9.17, 15) is 0 Å². The number of rotatable bonds is 6. The molecule has 0 bridgehead atoms. The molecule has 0 aromatic heterocycles. The van der Waals surface area contributed by atoms with Crippen molar-refractivity contribution < 1.29 is 0 Å². The minimum atomic E-state index is 0.0207. The zero-order chi connectivity index (χ0) is 47.5. The Kier molecular flexibility index (Phi) is 9.46. The molecule has 0 saturated heterocycles. The lowest BCUT2D eigenvalue weighted by molar-refractivity contribution is 0.591. The molecule has 0 amide bonds. The van der Waals surface area contributed by atoms with Gasteiger partial charge in [0.15, 0.2) is 0 Å². The van der Waals surface area contributed by atoms with Crippen molar-refractivity contribution in [2.75, 3.05) is 0 Å². The van der Waals surface area contributed by atoms with E-state index in [0.29, 0.717) is 0 Å². The fraction of sp³-hybridized carbons (Fsp3) is 0.114. The highest BCUT2D eigenvalue weighted by molar-refractivity contribution is 6.30. The average molecular weight is 895 g/mol. The summed E-state index contributed by atoms with van der Waals surface area (Å²) in [6, 6.07) is 83.1. The quantitative estimate of drug-likeness (QED) is 0.146. The number of hydrogen-bond donors (Lipinski definition) is 0. The Balaban J connectivity index is 1.29. The van der Waals surface area contributed by atoms with E-state index >= 15 is 0 Å². The lowest BCUT2D eigenvalue weighted by atomic mass is 9.72. The van der Waals surface area contributed by atoms with E-state index in [-0.39, 0.29) is 10.8 Å². The Morgan fingerprint density at radius 1 is 0.229 bits per heavy atom. The van der Waals surface area contributed by atoms with Crippen LogP contribution in [0.1, 0.15) is 52.7 Å². The second kappa shape index (κ2) is 15.7. The van der Waals surface area contributed by atoms with Crippen LogP contribution < -0.4 is 0 Å². The van der Waals surface area contributed by atoms with Crippen LogP contribution in [0.5, 0.6) is 0 Å². The first-order valence-electron chi connectivity index (χ1n) is 24.9. The molecule has 0 saturated carbocycles. The van der Waals surface area contributed by atoms with Crippen molar-refractivity contribution in [3.8, 4) is 66.8 Å². The van der Waals surface area contributed by atoms with Crippen LogP contribution in [0.15, 0.2) is 218 Å². The molecule has 13 aromatic carbocycles. The maximum absolute atomic E-state index is 2.43. The summed E-state index contributed by atoms with van der Waals surface area (Å²) in [5.74, 6) is 0. The highest BCUT2D eigenvalue weighted by atomic mass is 14.3. The van der Waals surface area contributed by atoms with Gasteiger partial charge in [-0.15, -0.1) is 0 Å². The maximum Gasteiger partial charge on any atom is -0.000740 e. The molecule has 0 atom stereocenters. The van der Waals surface area contributed by atoms with Gasteiger partial charge in [0.25, 0.3) is 0 Å². The fourth-order valence-corrected chi connectivity index (χ4v) is 11.8. The van der Waals surface area contributed by atoms with E-state index in [1.54, 1.807) is 0 Å². The predicted molar refractivity (Wildman–Crippen MR) is 304 cm³/mol. The highest BCUT2D eigenvalue weighted by Crippen LogP contribution is 2.58. The standard InChI is InChI=1S/C70H54/c1-69(2,3)53-39-49-29-27-47-31-35-57(55-37-33-51(41-53)59(49)61(47)55)67-65(45-23-15-9-16-24-45)63(43-19-11-7-12-20-43)64(44-21-13-8-14-22-44)66(46-25-17-10-18-26-46)68(67)58-36-32-48-28-30-50-40-54(70(4,5)6)42-52-34-38-56(58)62(48)60(50)52/h7-42H,1-6H3. The third-order valence-corrected chi connectivity index (χ3v) is 15.2. The Labute approximate surface area is 411 Å². The summed E-state index contributed by atoms with van der Waals surface area (Å²) in [7, 11) is 0. The van der Waals surface area contributed by atoms with Gasteiger partial charge < -0.3 is 0 Å². The average Bonchev–Trinajstić information content (AvgIpc) is 3.39. The molecule has 0 fully saturated rings.